The summed E-state index contributed by atoms with van der Waals surface area (Å²) in [5.41, 5.74) is 6.15. The molecule has 1 aliphatic heterocycles. The van der Waals surface area contributed by atoms with Crippen molar-refractivity contribution in [2.24, 2.45) is 0 Å². The van der Waals surface area contributed by atoms with Crippen molar-refractivity contribution in [2.45, 2.75) is 50.7 Å². The predicted molar refractivity (Wildman–Crippen MR) is 148 cm³/mol. The second-order valence-electron chi connectivity index (χ2n) is 10.6. The van der Waals surface area contributed by atoms with E-state index in [4.69, 9.17) is 14.5 Å². The van der Waals surface area contributed by atoms with Crippen molar-refractivity contribution in [1.29, 1.82) is 5.26 Å². The zero-order valence-corrected chi connectivity index (χ0v) is 22.2. The molecule has 4 aromatic rings. The van der Waals surface area contributed by atoms with E-state index in [9.17, 15) is 10.1 Å². The number of carbonyl (C=O) groups is 1. The van der Waals surface area contributed by atoms with Gasteiger partial charge in [-0.3, -0.25) is 9.78 Å². The zero-order valence-electron chi connectivity index (χ0n) is 22.2. The molecule has 0 radical (unpaired) electrons. The predicted octanol–water partition coefficient (Wildman–Crippen LogP) is 5.81. The number of aromatic nitrogens is 2. The fraction of sp³-hybridized carbons (Fsp3) is 0.312. The van der Waals surface area contributed by atoms with E-state index in [-0.39, 0.29) is 12.5 Å². The Labute approximate surface area is 227 Å². The van der Waals surface area contributed by atoms with Gasteiger partial charge in [0.05, 0.1) is 49.8 Å². The third-order valence-corrected chi connectivity index (χ3v) is 8.00. The topological polar surface area (TPSA) is 97.1 Å². The van der Waals surface area contributed by atoms with Crippen LogP contribution in [0.5, 0.6) is 5.75 Å². The van der Waals surface area contributed by atoms with Gasteiger partial charge in [-0.25, -0.2) is 4.98 Å². The molecule has 1 N–H and O–H groups in total. The Hall–Kier alpha value is -4.28. The van der Waals surface area contributed by atoms with E-state index in [2.05, 4.69) is 34.6 Å². The Morgan fingerprint density at radius 2 is 2.05 bits per heavy atom. The monoisotopic (exact) mass is 518 g/mol. The molecular formula is C32H30N4O3. The van der Waals surface area contributed by atoms with Gasteiger partial charge in [0.1, 0.15) is 11.2 Å². The highest BCUT2D eigenvalue weighted by molar-refractivity contribution is 5.94. The van der Waals surface area contributed by atoms with Gasteiger partial charge in [0.2, 0.25) is 0 Å². The summed E-state index contributed by atoms with van der Waals surface area (Å²) in [4.78, 5) is 22.4. The summed E-state index contributed by atoms with van der Waals surface area (Å²) in [6.45, 7) is 2.86. The van der Waals surface area contributed by atoms with E-state index >= 15 is 0 Å². The average Bonchev–Trinajstić information content (AvgIpc) is 2.94. The Morgan fingerprint density at radius 1 is 1.18 bits per heavy atom. The lowest BCUT2D eigenvalue weighted by Gasteiger charge is -2.30. The molecule has 1 fully saturated rings. The third kappa shape index (κ3) is 4.73. The molecule has 0 spiro atoms. The Balaban J connectivity index is 1.21. The van der Waals surface area contributed by atoms with E-state index < -0.39 is 5.41 Å². The van der Waals surface area contributed by atoms with Crippen LogP contribution in [-0.2, 0) is 23.3 Å². The van der Waals surface area contributed by atoms with E-state index in [1.165, 1.54) is 24.8 Å². The van der Waals surface area contributed by atoms with Crippen molar-refractivity contribution < 1.29 is 14.3 Å². The molecule has 7 heteroatoms. The number of nitrogens with one attached hydrogen (secondary N) is 1. The molecule has 2 aromatic heterocycles. The summed E-state index contributed by atoms with van der Waals surface area (Å²) in [6, 6.07) is 20.1. The second-order valence-corrected chi connectivity index (χ2v) is 10.6. The van der Waals surface area contributed by atoms with Crippen LogP contribution in [0.2, 0.25) is 0 Å². The number of benzene rings is 2. The molecule has 1 saturated carbocycles. The summed E-state index contributed by atoms with van der Waals surface area (Å²) < 4.78 is 11.3. The van der Waals surface area contributed by atoms with Crippen LogP contribution in [0.25, 0.3) is 22.2 Å². The molecule has 1 amide bonds. The second kappa shape index (κ2) is 10.1. The lowest BCUT2D eigenvalue weighted by molar-refractivity contribution is 0.0757. The van der Waals surface area contributed by atoms with Crippen LogP contribution in [0.15, 0.2) is 60.8 Å². The number of nitrogens with zero attached hydrogens (tertiary/aromatic N) is 3. The SMILES string of the molecule is COc1cc(C2CCC2)ccc1-c1ccc2cnc(CNC(=O)c3ccc4c(c3)C(C)(C#N)COC4)cc2n1. The van der Waals surface area contributed by atoms with Crippen LogP contribution in [0.3, 0.4) is 0 Å². The van der Waals surface area contributed by atoms with Crippen molar-refractivity contribution in [1.82, 2.24) is 15.3 Å². The van der Waals surface area contributed by atoms with Crippen LogP contribution in [-0.4, -0.2) is 29.6 Å². The lowest BCUT2D eigenvalue weighted by Crippen LogP contribution is -2.33. The van der Waals surface area contributed by atoms with Crippen LogP contribution in [0.1, 0.15) is 64.8 Å². The number of hydrogen-bond donors (Lipinski definition) is 1. The van der Waals surface area contributed by atoms with Gasteiger partial charge in [0.15, 0.2) is 0 Å². The summed E-state index contributed by atoms with van der Waals surface area (Å²) >= 11 is 0. The largest absolute Gasteiger partial charge is 0.496 e. The van der Waals surface area contributed by atoms with Gasteiger partial charge in [0.25, 0.3) is 5.91 Å². The maximum absolute atomic E-state index is 13.0. The maximum atomic E-state index is 13.0. The number of amides is 1. The smallest absolute Gasteiger partial charge is 0.251 e. The molecule has 39 heavy (non-hydrogen) atoms. The fourth-order valence-corrected chi connectivity index (χ4v) is 5.39. The first-order chi connectivity index (χ1) is 19.0. The van der Waals surface area contributed by atoms with E-state index in [1.807, 2.05) is 37.3 Å². The molecule has 3 heterocycles. The van der Waals surface area contributed by atoms with Crippen LogP contribution in [0.4, 0.5) is 0 Å². The van der Waals surface area contributed by atoms with E-state index in [0.717, 1.165) is 39.0 Å². The van der Waals surface area contributed by atoms with E-state index in [1.54, 1.807) is 19.4 Å². The molecule has 2 aliphatic rings. The number of hydrogen-bond acceptors (Lipinski definition) is 6. The van der Waals surface area contributed by atoms with Crippen molar-refractivity contribution in [3.8, 4) is 23.1 Å². The van der Waals surface area contributed by atoms with Crippen LogP contribution < -0.4 is 10.1 Å². The zero-order chi connectivity index (χ0) is 27.0. The first-order valence-electron chi connectivity index (χ1n) is 13.3. The van der Waals surface area contributed by atoms with Crippen molar-refractivity contribution >= 4 is 16.8 Å². The molecule has 1 unspecified atom stereocenters. The highest BCUT2D eigenvalue weighted by Crippen LogP contribution is 2.40. The number of rotatable bonds is 6. The molecule has 0 bridgehead atoms. The number of ether oxygens (including phenoxy) is 2. The Bertz CT molecular complexity index is 1620. The number of pyridine rings is 2. The molecule has 7 nitrogen and oxygen atoms in total. The molecule has 1 aliphatic carbocycles. The number of fused-ring (bicyclic) bond motifs is 2. The number of methoxy groups -OCH3 is 1. The van der Waals surface area contributed by atoms with Crippen LogP contribution in [0, 0.1) is 11.3 Å². The third-order valence-electron chi connectivity index (χ3n) is 8.00. The molecular weight excluding hydrogens is 488 g/mol. The van der Waals surface area contributed by atoms with Crippen molar-refractivity contribution in [3.05, 3.63) is 88.7 Å². The first-order valence-corrected chi connectivity index (χ1v) is 13.3. The normalized spacial score (nSPS) is 18.6. The molecule has 196 valence electrons. The number of nitriles is 1. The van der Waals surface area contributed by atoms with Crippen LogP contribution >= 0.6 is 0 Å². The number of carbonyl (C=O) groups excluding carboxylic acids is 1. The minimum absolute atomic E-state index is 0.218. The fourth-order valence-electron chi connectivity index (χ4n) is 5.39. The standard InChI is InChI=1S/C32H30N4O3/c1-32(18-33)19-39-17-24-7-6-22(12-27(24)32)31(37)35-16-25-14-29-23(15-34-25)9-11-28(36-29)26-10-8-21(13-30(26)38-2)20-4-3-5-20/h6-15,20H,3-5,16-17,19H2,1-2H3,(H,35,37). The Kier molecular flexibility index (Phi) is 6.49. The minimum atomic E-state index is -0.770. The van der Waals surface area contributed by atoms with Gasteiger partial charge < -0.3 is 14.8 Å². The molecule has 2 aromatic carbocycles. The summed E-state index contributed by atoms with van der Waals surface area (Å²) in [6.07, 6.45) is 5.55. The van der Waals surface area contributed by atoms with Crippen molar-refractivity contribution in [3.63, 3.8) is 0 Å². The quantitative estimate of drug-likeness (QED) is 0.346. The van der Waals surface area contributed by atoms with Gasteiger partial charge in [-0.15, -0.1) is 0 Å². The van der Waals surface area contributed by atoms with Gasteiger partial charge in [-0.05, 0) is 84.8 Å². The van der Waals surface area contributed by atoms with Crippen molar-refractivity contribution in [2.75, 3.05) is 13.7 Å². The lowest BCUT2D eigenvalue weighted by atomic mass is 9.79. The molecule has 1 atom stereocenters. The minimum Gasteiger partial charge on any atom is -0.496 e. The molecule has 0 saturated heterocycles. The highest BCUT2D eigenvalue weighted by Gasteiger charge is 2.33. The van der Waals surface area contributed by atoms with Gasteiger partial charge >= 0.3 is 0 Å². The highest BCUT2D eigenvalue weighted by atomic mass is 16.5. The Morgan fingerprint density at radius 3 is 2.82 bits per heavy atom. The van der Waals surface area contributed by atoms with Gasteiger partial charge in [-0.2, -0.15) is 5.26 Å². The maximum Gasteiger partial charge on any atom is 0.251 e. The summed E-state index contributed by atoms with van der Waals surface area (Å²) in [5, 5.41) is 13.6. The van der Waals surface area contributed by atoms with E-state index in [0.29, 0.717) is 30.4 Å². The summed E-state index contributed by atoms with van der Waals surface area (Å²) in [5.74, 6) is 1.24. The first kappa shape index (κ1) is 25.0. The van der Waals surface area contributed by atoms with Gasteiger partial charge in [0, 0.05) is 22.7 Å². The molecule has 6 rings (SSSR count). The summed E-state index contributed by atoms with van der Waals surface area (Å²) in [7, 11) is 1.70. The average molecular weight is 519 g/mol. The van der Waals surface area contributed by atoms with Gasteiger partial charge in [-0.1, -0.05) is 18.6 Å².